The molecule has 96 valence electrons. The molecule has 1 atom stereocenters. The summed E-state index contributed by atoms with van der Waals surface area (Å²) in [6, 6.07) is 7.11. The van der Waals surface area contributed by atoms with E-state index in [-0.39, 0.29) is 5.91 Å². The molecule has 0 bridgehead atoms. The zero-order chi connectivity index (χ0) is 12.4. The average molecular weight is 262 g/mol. The molecule has 1 aromatic rings. The smallest absolute Gasteiger partial charge is 0.234 e. The number of thioether (sulfide) groups is 1. The Labute approximate surface area is 112 Å². The number of nitrogens with one attached hydrogen (secondary N) is 2. The molecule has 2 aliphatic rings. The van der Waals surface area contributed by atoms with E-state index in [1.54, 1.807) is 11.8 Å². The lowest BCUT2D eigenvalue weighted by Gasteiger charge is -2.17. The van der Waals surface area contributed by atoms with Crippen LogP contribution in [0.1, 0.15) is 24.8 Å². The van der Waals surface area contributed by atoms with Gasteiger partial charge < -0.3 is 10.6 Å². The highest BCUT2D eigenvalue weighted by atomic mass is 32.2. The van der Waals surface area contributed by atoms with Crippen LogP contribution in [-0.4, -0.2) is 24.2 Å². The number of rotatable bonds is 3. The molecule has 0 saturated carbocycles. The topological polar surface area (TPSA) is 41.1 Å². The summed E-state index contributed by atoms with van der Waals surface area (Å²) in [5.41, 5.74) is 2.35. The molecule has 1 unspecified atom stereocenters. The van der Waals surface area contributed by atoms with Gasteiger partial charge in [-0.25, -0.2) is 0 Å². The van der Waals surface area contributed by atoms with Crippen LogP contribution in [0.15, 0.2) is 23.1 Å². The highest BCUT2D eigenvalue weighted by Gasteiger charge is 2.17. The molecule has 1 amide bonds. The predicted octanol–water partition coefficient (Wildman–Crippen LogP) is 2.42. The van der Waals surface area contributed by atoms with E-state index in [9.17, 15) is 4.79 Å². The van der Waals surface area contributed by atoms with Crippen molar-refractivity contribution in [1.29, 1.82) is 0 Å². The Morgan fingerprint density at radius 1 is 1.39 bits per heavy atom. The molecule has 0 spiro atoms. The van der Waals surface area contributed by atoms with Crippen LogP contribution in [0, 0.1) is 0 Å². The first kappa shape index (κ1) is 12.1. The first-order valence-electron chi connectivity index (χ1n) is 6.60. The molecule has 18 heavy (non-hydrogen) atoms. The van der Waals surface area contributed by atoms with Crippen molar-refractivity contribution in [3.63, 3.8) is 0 Å². The molecule has 0 aromatic heterocycles. The summed E-state index contributed by atoms with van der Waals surface area (Å²) in [7, 11) is 0. The van der Waals surface area contributed by atoms with Crippen LogP contribution in [0.5, 0.6) is 0 Å². The second-order valence-electron chi connectivity index (χ2n) is 5.00. The van der Waals surface area contributed by atoms with Gasteiger partial charge in [-0.15, -0.1) is 11.8 Å². The molecule has 1 aromatic carbocycles. The normalized spacial score (nSPS) is 22.7. The van der Waals surface area contributed by atoms with Gasteiger partial charge in [-0.1, -0.05) is 6.07 Å². The van der Waals surface area contributed by atoms with Crippen LogP contribution in [0.3, 0.4) is 0 Å². The lowest BCUT2D eigenvalue weighted by atomic mass is 10.0. The number of benzene rings is 1. The highest BCUT2D eigenvalue weighted by molar-refractivity contribution is 8.00. The number of carbonyl (C=O) groups is 1. The van der Waals surface area contributed by atoms with Crippen molar-refractivity contribution in [3.05, 3.63) is 23.8 Å². The van der Waals surface area contributed by atoms with Gasteiger partial charge in [-0.3, -0.25) is 4.79 Å². The summed E-state index contributed by atoms with van der Waals surface area (Å²) < 4.78 is 0. The quantitative estimate of drug-likeness (QED) is 0.879. The van der Waals surface area contributed by atoms with Gasteiger partial charge in [-0.05, 0) is 49.9 Å². The largest absolute Gasteiger partial charge is 0.324 e. The first-order chi connectivity index (χ1) is 8.81. The molecule has 4 heteroatoms. The number of hydrogen-bond acceptors (Lipinski definition) is 3. The van der Waals surface area contributed by atoms with Crippen molar-refractivity contribution in [1.82, 2.24) is 5.32 Å². The summed E-state index contributed by atoms with van der Waals surface area (Å²) in [6.07, 6.45) is 4.97. The molecule has 3 rings (SSSR count). The van der Waals surface area contributed by atoms with E-state index in [4.69, 9.17) is 0 Å². The van der Waals surface area contributed by atoms with Crippen LogP contribution >= 0.6 is 11.8 Å². The van der Waals surface area contributed by atoms with E-state index in [2.05, 4.69) is 22.8 Å². The summed E-state index contributed by atoms with van der Waals surface area (Å²) >= 11 is 1.64. The summed E-state index contributed by atoms with van der Waals surface area (Å²) in [6.45, 7) is 1.18. The minimum absolute atomic E-state index is 0.107. The van der Waals surface area contributed by atoms with Gasteiger partial charge in [0.25, 0.3) is 0 Å². The Morgan fingerprint density at radius 2 is 2.33 bits per heavy atom. The minimum atomic E-state index is 0.107. The third-order valence-electron chi connectivity index (χ3n) is 3.62. The van der Waals surface area contributed by atoms with Crippen LogP contribution in [0.25, 0.3) is 0 Å². The molecular formula is C14H18N2OS. The van der Waals surface area contributed by atoms with Gasteiger partial charge >= 0.3 is 0 Å². The monoisotopic (exact) mass is 262 g/mol. The molecule has 3 nitrogen and oxygen atoms in total. The van der Waals surface area contributed by atoms with E-state index in [0.29, 0.717) is 11.8 Å². The SMILES string of the molecule is O=C1CSc2cc(CCC3CCCN3)ccc2N1. The molecule has 2 aliphatic heterocycles. The third-order valence-corrected chi connectivity index (χ3v) is 4.68. The second-order valence-corrected chi connectivity index (χ2v) is 6.02. The van der Waals surface area contributed by atoms with Gasteiger partial charge in [0.2, 0.25) is 5.91 Å². The summed E-state index contributed by atoms with van der Waals surface area (Å²) in [5, 5.41) is 6.44. The summed E-state index contributed by atoms with van der Waals surface area (Å²) in [4.78, 5) is 12.5. The fraction of sp³-hybridized carbons (Fsp3) is 0.500. The predicted molar refractivity (Wildman–Crippen MR) is 75.1 cm³/mol. The van der Waals surface area contributed by atoms with E-state index in [1.165, 1.54) is 36.3 Å². The highest BCUT2D eigenvalue weighted by Crippen LogP contribution is 2.32. The Bertz CT molecular complexity index is 455. The zero-order valence-electron chi connectivity index (χ0n) is 10.4. The standard InChI is InChI=1S/C14H18N2OS/c17-14-9-18-13-8-10(4-6-12(13)16-14)3-5-11-2-1-7-15-11/h4,6,8,11,15H,1-3,5,7,9H2,(H,16,17). The van der Waals surface area contributed by atoms with E-state index in [1.807, 2.05) is 6.07 Å². The van der Waals surface area contributed by atoms with Crippen molar-refractivity contribution < 1.29 is 4.79 Å². The number of amides is 1. The first-order valence-corrected chi connectivity index (χ1v) is 7.59. The molecule has 1 saturated heterocycles. The number of anilines is 1. The van der Waals surface area contributed by atoms with Gasteiger partial charge in [0.15, 0.2) is 0 Å². The number of fused-ring (bicyclic) bond motifs is 1. The van der Waals surface area contributed by atoms with Gasteiger partial charge in [-0.2, -0.15) is 0 Å². The Morgan fingerprint density at radius 3 is 3.17 bits per heavy atom. The van der Waals surface area contributed by atoms with E-state index >= 15 is 0 Å². The van der Waals surface area contributed by atoms with Crippen LogP contribution in [0.4, 0.5) is 5.69 Å². The Hall–Kier alpha value is -1.00. The van der Waals surface area contributed by atoms with E-state index < -0.39 is 0 Å². The molecule has 0 aliphatic carbocycles. The maximum atomic E-state index is 11.3. The maximum absolute atomic E-state index is 11.3. The van der Waals surface area contributed by atoms with Crippen LogP contribution in [0.2, 0.25) is 0 Å². The fourth-order valence-corrected chi connectivity index (χ4v) is 3.49. The van der Waals surface area contributed by atoms with Crippen LogP contribution in [-0.2, 0) is 11.2 Å². The minimum Gasteiger partial charge on any atom is -0.324 e. The number of aryl methyl sites for hydroxylation is 1. The average Bonchev–Trinajstić information content (AvgIpc) is 2.89. The van der Waals surface area contributed by atoms with Crippen molar-refractivity contribution >= 4 is 23.4 Å². The fourth-order valence-electron chi connectivity index (χ4n) is 2.62. The van der Waals surface area contributed by atoms with Crippen molar-refractivity contribution in [3.8, 4) is 0 Å². The van der Waals surface area contributed by atoms with Crippen molar-refractivity contribution in [2.75, 3.05) is 17.6 Å². The lowest BCUT2D eigenvalue weighted by Crippen LogP contribution is -2.21. The molecular weight excluding hydrogens is 244 g/mol. The Kier molecular flexibility index (Phi) is 3.57. The number of carbonyl (C=O) groups excluding carboxylic acids is 1. The maximum Gasteiger partial charge on any atom is 0.234 e. The summed E-state index contributed by atoms with van der Waals surface area (Å²) in [5.74, 6) is 0.649. The molecule has 2 heterocycles. The van der Waals surface area contributed by atoms with Crippen molar-refractivity contribution in [2.24, 2.45) is 0 Å². The third kappa shape index (κ3) is 2.70. The van der Waals surface area contributed by atoms with Gasteiger partial charge in [0.05, 0.1) is 11.4 Å². The Balaban J connectivity index is 1.64. The lowest BCUT2D eigenvalue weighted by molar-refractivity contribution is -0.113. The second kappa shape index (κ2) is 5.33. The zero-order valence-corrected chi connectivity index (χ0v) is 11.2. The van der Waals surface area contributed by atoms with Crippen LogP contribution < -0.4 is 10.6 Å². The number of hydrogen-bond donors (Lipinski definition) is 2. The molecule has 1 fully saturated rings. The van der Waals surface area contributed by atoms with E-state index in [0.717, 1.165) is 12.1 Å². The van der Waals surface area contributed by atoms with Crippen molar-refractivity contribution in [2.45, 2.75) is 36.6 Å². The van der Waals surface area contributed by atoms with Gasteiger partial charge in [0, 0.05) is 10.9 Å². The van der Waals surface area contributed by atoms with Gasteiger partial charge in [0.1, 0.15) is 0 Å². The molecule has 0 radical (unpaired) electrons. The molecule has 2 N–H and O–H groups in total.